The van der Waals surface area contributed by atoms with E-state index in [-0.39, 0.29) is 19.5 Å². The topological polar surface area (TPSA) is 24.9 Å². The van der Waals surface area contributed by atoms with Gasteiger partial charge in [-0.1, -0.05) is 8.64 Å². The van der Waals surface area contributed by atoms with Crippen molar-refractivity contribution in [3.8, 4) is 0 Å². The maximum Gasteiger partial charge on any atom is 2.00 e. The Morgan fingerprint density at radius 3 is 1.35 bits per heavy atom. The third kappa shape index (κ3) is 7.05. The molecule has 2 fully saturated rings. The first kappa shape index (κ1) is 17.8. The smallest absolute Gasteiger partial charge is 0.411 e. The molecule has 0 radical (unpaired) electrons. The molecule has 4 nitrogen and oxygen atoms in total. The van der Waals surface area contributed by atoms with E-state index in [1.165, 1.54) is 0 Å². The van der Waals surface area contributed by atoms with Crippen LogP contribution in [-0.4, -0.2) is 58.2 Å². The molecule has 0 atom stereocenters. The zero-order valence-corrected chi connectivity index (χ0v) is 15.5. The first-order valence-corrected chi connectivity index (χ1v) is 6.32. The second kappa shape index (κ2) is 9.66. The van der Waals surface area contributed by atoms with Crippen molar-refractivity contribution in [1.29, 1.82) is 0 Å². The van der Waals surface area contributed by atoms with Gasteiger partial charge >= 0.3 is 19.5 Å². The first-order valence-electron chi connectivity index (χ1n) is 4.68. The SMILES string of the molecule is S=C([S-])N1CCOC1.S=C([S-])N1CCOC1.[Zn+2]. The van der Waals surface area contributed by atoms with E-state index < -0.39 is 0 Å². The zero-order chi connectivity index (χ0) is 12.0. The molecular formula is C8H12N2O2S4Zn. The van der Waals surface area contributed by atoms with Gasteiger partial charge in [0.25, 0.3) is 0 Å². The van der Waals surface area contributed by atoms with Gasteiger partial charge in [0.15, 0.2) is 0 Å². The molecule has 0 amide bonds. The molecule has 0 N–H and O–H groups in total. The van der Waals surface area contributed by atoms with Crippen LogP contribution in [0.4, 0.5) is 0 Å². The molecule has 0 bridgehead atoms. The average molecular weight is 362 g/mol. The summed E-state index contributed by atoms with van der Waals surface area (Å²) in [6, 6.07) is 0. The molecule has 2 heterocycles. The molecule has 17 heavy (non-hydrogen) atoms. The van der Waals surface area contributed by atoms with Gasteiger partial charge in [-0.05, 0) is 0 Å². The fourth-order valence-corrected chi connectivity index (χ4v) is 1.69. The number of nitrogens with zero attached hydrogens (tertiary/aromatic N) is 2. The van der Waals surface area contributed by atoms with Crippen LogP contribution in [0.25, 0.3) is 0 Å². The summed E-state index contributed by atoms with van der Waals surface area (Å²) in [6.45, 7) is 4.42. The number of thiocarbonyl (C=S) groups is 2. The van der Waals surface area contributed by atoms with Gasteiger partial charge in [0.2, 0.25) is 0 Å². The van der Waals surface area contributed by atoms with Gasteiger partial charge < -0.3 is 69.0 Å². The fourth-order valence-electron chi connectivity index (χ4n) is 1.12. The molecule has 0 aromatic carbocycles. The molecule has 0 aromatic rings. The van der Waals surface area contributed by atoms with Gasteiger partial charge in [-0.2, -0.15) is 0 Å². The van der Waals surface area contributed by atoms with E-state index in [4.69, 9.17) is 59.2 Å². The Morgan fingerprint density at radius 1 is 0.882 bits per heavy atom. The maximum atomic E-state index is 4.99. The van der Waals surface area contributed by atoms with Gasteiger partial charge in [-0.15, -0.1) is 0 Å². The monoisotopic (exact) mass is 360 g/mol. The molecule has 0 aromatic heterocycles. The Hall–Kier alpha value is 0.763. The summed E-state index contributed by atoms with van der Waals surface area (Å²) in [6.07, 6.45) is 0. The Balaban J connectivity index is 0.000000284. The van der Waals surface area contributed by atoms with Gasteiger partial charge in [0, 0.05) is 13.1 Å². The summed E-state index contributed by atoms with van der Waals surface area (Å²) in [5, 5.41) is 0. The summed E-state index contributed by atoms with van der Waals surface area (Å²) in [4.78, 5) is 3.70. The predicted octanol–water partition coefficient (Wildman–Crippen LogP) is 0.213. The van der Waals surface area contributed by atoms with Crippen molar-refractivity contribution in [3.05, 3.63) is 0 Å². The van der Waals surface area contributed by atoms with Crippen molar-refractivity contribution in [2.45, 2.75) is 0 Å². The number of hydrogen-bond donors (Lipinski definition) is 0. The van der Waals surface area contributed by atoms with Crippen LogP contribution in [0.2, 0.25) is 0 Å². The predicted molar refractivity (Wildman–Crippen MR) is 75.0 cm³/mol. The second-order valence-electron chi connectivity index (χ2n) is 3.13. The van der Waals surface area contributed by atoms with Crippen LogP contribution in [0.3, 0.4) is 0 Å². The van der Waals surface area contributed by atoms with Crippen molar-refractivity contribution in [1.82, 2.24) is 9.80 Å². The van der Waals surface area contributed by atoms with E-state index in [9.17, 15) is 0 Å². The Kier molecular flexibility index (Phi) is 10.1. The summed E-state index contributed by atoms with van der Waals surface area (Å²) < 4.78 is 11.0. The zero-order valence-electron chi connectivity index (χ0n) is 9.29. The fraction of sp³-hybridized carbons (Fsp3) is 0.750. The Labute approximate surface area is 136 Å². The van der Waals surface area contributed by atoms with Gasteiger partial charge in [0.05, 0.1) is 13.2 Å². The minimum Gasteiger partial charge on any atom is -0.411 e. The largest absolute Gasteiger partial charge is 2.00 e. The van der Waals surface area contributed by atoms with Crippen LogP contribution in [0.5, 0.6) is 0 Å². The van der Waals surface area contributed by atoms with Crippen LogP contribution < -0.4 is 0 Å². The number of hydrogen-bond acceptors (Lipinski definition) is 6. The van der Waals surface area contributed by atoms with E-state index in [1.807, 2.05) is 9.80 Å². The molecule has 0 unspecified atom stereocenters. The summed E-state index contributed by atoms with van der Waals surface area (Å²) in [5.41, 5.74) is 0. The molecule has 2 saturated heterocycles. The van der Waals surface area contributed by atoms with Crippen molar-refractivity contribution in [3.63, 3.8) is 0 Å². The molecule has 0 saturated carbocycles. The third-order valence-electron chi connectivity index (χ3n) is 2.02. The molecule has 0 spiro atoms. The van der Waals surface area contributed by atoms with Crippen LogP contribution >= 0.6 is 24.4 Å². The summed E-state index contributed by atoms with van der Waals surface area (Å²) in [5.74, 6) is 0. The van der Waals surface area contributed by atoms with Gasteiger partial charge in [0.1, 0.15) is 13.5 Å². The summed E-state index contributed by atoms with van der Waals surface area (Å²) >= 11 is 18.9. The quantitative estimate of drug-likeness (QED) is 0.343. The average Bonchev–Trinajstić information content (AvgIpc) is 2.93. The molecular weight excluding hydrogens is 350 g/mol. The molecule has 2 aliphatic rings. The summed E-state index contributed by atoms with van der Waals surface area (Å²) in [7, 11) is 0. The van der Waals surface area contributed by atoms with Gasteiger partial charge in [-0.25, -0.2) is 0 Å². The molecule has 2 rings (SSSR count). The maximum absolute atomic E-state index is 4.99. The third-order valence-corrected chi connectivity index (χ3v) is 3.05. The number of ether oxygens (including phenoxy) is 2. The van der Waals surface area contributed by atoms with E-state index in [0.29, 0.717) is 22.1 Å². The van der Waals surface area contributed by atoms with Crippen molar-refractivity contribution >= 4 is 58.3 Å². The second-order valence-corrected chi connectivity index (χ2v) is 5.20. The van der Waals surface area contributed by atoms with Crippen molar-refractivity contribution < 1.29 is 29.0 Å². The van der Waals surface area contributed by atoms with Crippen LogP contribution in [0, 0.1) is 0 Å². The van der Waals surface area contributed by atoms with Crippen molar-refractivity contribution in [2.24, 2.45) is 0 Å². The van der Waals surface area contributed by atoms with E-state index >= 15 is 0 Å². The Morgan fingerprint density at radius 2 is 1.24 bits per heavy atom. The number of rotatable bonds is 0. The minimum absolute atomic E-state index is 0. The molecule has 9 heteroatoms. The first-order chi connectivity index (χ1) is 7.61. The van der Waals surface area contributed by atoms with Crippen LogP contribution in [-0.2, 0) is 54.2 Å². The Bertz CT molecular complexity index is 232. The van der Waals surface area contributed by atoms with Crippen LogP contribution in [0.1, 0.15) is 0 Å². The van der Waals surface area contributed by atoms with E-state index in [2.05, 4.69) is 0 Å². The normalized spacial score (nSPS) is 18.1. The van der Waals surface area contributed by atoms with Gasteiger partial charge in [-0.3, -0.25) is 0 Å². The van der Waals surface area contributed by atoms with E-state index in [1.54, 1.807) is 0 Å². The molecule has 2 aliphatic heterocycles. The van der Waals surface area contributed by atoms with Crippen LogP contribution in [0.15, 0.2) is 0 Å². The minimum atomic E-state index is 0. The molecule has 0 aliphatic carbocycles. The standard InChI is InChI=1S/2C4H7NOS2.Zn/c2*7-4(8)5-1-2-6-3-5;/h2*1-3H2,(H,7,8);/q;;+2/p-2. The molecule has 92 valence electrons. The van der Waals surface area contributed by atoms with Crippen molar-refractivity contribution in [2.75, 3.05) is 39.8 Å². The van der Waals surface area contributed by atoms with E-state index in [0.717, 1.165) is 26.3 Å².